The number of halogens is 2. The van der Waals surface area contributed by atoms with Gasteiger partial charge in [-0.25, -0.2) is 0 Å². The predicted octanol–water partition coefficient (Wildman–Crippen LogP) is 4.91. The van der Waals surface area contributed by atoms with Gasteiger partial charge in [-0.3, -0.25) is 4.21 Å². The number of hydrogen-bond acceptors (Lipinski definition) is 1. The van der Waals surface area contributed by atoms with Crippen LogP contribution in [0.3, 0.4) is 0 Å². The lowest BCUT2D eigenvalue weighted by molar-refractivity contribution is 0.688. The van der Waals surface area contributed by atoms with Crippen molar-refractivity contribution in [3.8, 4) is 0 Å². The Balaban J connectivity index is 2.02. The van der Waals surface area contributed by atoms with Crippen molar-refractivity contribution in [2.24, 2.45) is 0 Å². The molecule has 2 aromatic rings. The van der Waals surface area contributed by atoms with Crippen LogP contribution in [0.4, 0.5) is 0 Å². The summed E-state index contributed by atoms with van der Waals surface area (Å²) in [7, 11) is -1.09. The quantitative estimate of drug-likeness (QED) is 0.784. The van der Waals surface area contributed by atoms with Crippen molar-refractivity contribution in [2.75, 3.05) is 0 Å². The fourth-order valence-electron chi connectivity index (χ4n) is 1.55. The van der Waals surface area contributed by atoms with Crippen LogP contribution in [0.15, 0.2) is 53.9 Å². The first kappa shape index (κ1) is 14.3. The topological polar surface area (TPSA) is 17.1 Å². The SMILES string of the molecule is O=S(C=Cc1ccc(Cl)cc1)Cc1ccccc1Cl. The van der Waals surface area contributed by atoms with Gasteiger partial charge in [0, 0.05) is 15.5 Å². The van der Waals surface area contributed by atoms with E-state index in [9.17, 15) is 4.21 Å². The number of rotatable bonds is 4. The Morgan fingerprint density at radius 2 is 1.68 bits per heavy atom. The van der Waals surface area contributed by atoms with E-state index in [1.165, 1.54) is 0 Å². The van der Waals surface area contributed by atoms with Crippen molar-refractivity contribution in [3.63, 3.8) is 0 Å². The van der Waals surface area contributed by atoms with E-state index in [2.05, 4.69) is 0 Å². The molecule has 0 saturated carbocycles. The second-order valence-electron chi connectivity index (χ2n) is 3.97. The van der Waals surface area contributed by atoms with Gasteiger partial charge in [0.25, 0.3) is 0 Å². The van der Waals surface area contributed by atoms with Crippen LogP contribution in [0.1, 0.15) is 11.1 Å². The highest BCUT2D eigenvalue weighted by molar-refractivity contribution is 7.87. The maximum atomic E-state index is 11.9. The minimum atomic E-state index is -1.09. The molecular formula is C15H12Cl2OS. The lowest BCUT2D eigenvalue weighted by Gasteiger charge is -2.01. The molecule has 0 aliphatic rings. The van der Waals surface area contributed by atoms with E-state index in [4.69, 9.17) is 23.2 Å². The molecule has 4 heteroatoms. The molecule has 0 spiro atoms. The molecule has 0 aromatic heterocycles. The molecule has 0 aliphatic heterocycles. The highest BCUT2D eigenvalue weighted by atomic mass is 35.5. The molecule has 0 N–H and O–H groups in total. The summed E-state index contributed by atoms with van der Waals surface area (Å²) in [6.07, 6.45) is 1.82. The Labute approximate surface area is 125 Å². The minimum absolute atomic E-state index is 0.420. The van der Waals surface area contributed by atoms with Gasteiger partial charge >= 0.3 is 0 Å². The van der Waals surface area contributed by atoms with Gasteiger partial charge in [-0.05, 0) is 35.4 Å². The highest BCUT2D eigenvalue weighted by Crippen LogP contribution is 2.17. The average molecular weight is 311 g/mol. The van der Waals surface area contributed by atoms with Crippen LogP contribution in [-0.4, -0.2) is 4.21 Å². The zero-order valence-electron chi connectivity index (χ0n) is 10.1. The maximum absolute atomic E-state index is 11.9. The molecule has 98 valence electrons. The molecule has 19 heavy (non-hydrogen) atoms. The second kappa shape index (κ2) is 6.90. The van der Waals surface area contributed by atoms with E-state index in [0.29, 0.717) is 15.8 Å². The summed E-state index contributed by atoms with van der Waals surface area (Å²) in [6, 6.07) is 14.8. The van der Waals surface area contributed by atoms with Crippen LogP contribution in [0.5, 0.6) is 0 Å². The fraction of sp³-hybridized carbons (Fsp3) is 0.0667. The molecule has 1 unspecified atom stereocenters. The van der Waals surface area contributed by atoms with Crippen LogP contribution in [0, 0.1) is 0 Å². The van der Waals surface area contributed by atoms with Crippen LogP contribution in [0.25, 0.3) is 6.08 Å². The van der Waals surface area contributed by atoms with E-state index in [-0.39, 0.29) is 0 Å². The van der Waals surface area contributed by atoms with Gasteiger partial charge in [0.1, 0.15) is 0 Å². The third-order valence-corrected chi connectivity index (χ3v) is 4.19. The molecule has 0 amide bonds. The van der Waals surface area contributed by atoms with Crippen LogP contribution in [-0.2, 0) is 16.6 Å². The van der Waals surface area contributed by atoms with E-state index in [1.54, 1.807) is 23.6 Å². The third kappa shape index (κ3) is 4.50. The Hall–Kier alpha value is -1.09. The molecule has 1 atom stereocenters. The Kier molecular flexibility index (Phi) is 5.20. The smallest absolute Gasteiger partial charge is 0.0541 e. The fourth-order valence-corrected chi connectivity index (χ4v) is 2.92. The van der Waals surface area contributed by atoms with Gasteiger partial charge in [-0.2, -0.15) is 0 Å². The van der Waals surface area contributed by atoms with Gasteiger partial charge in [0.2, 0.25) is 0 Å². The summed E-state index contributed by atoms with van der Waals surface area (Å²) in [6.45, 7) is 0. The standard InChI is InChI=1S/C15H12Cl2OS/c16-14-7-5-12(6-8-14)9-10-19(18)11-13-3-1-2-4-15(13)17/h1-10H,11H2. The Morgan fingerprint density at radius 3 is 2.37 bits per heavy atom. The molecule has 0 bridgehead atoms. The summed E-state index contributed by atoms with van der Waals surface area (Å²) in [5.74, 6) is 0.420. The van der Waals surface area contributed by atoms with Crippen LogP contribution >= 0.6 is 23.2 Å². The van der Waals surface area contributed by atoms with E-state index in [0.717, 1.165) is 11.1 Å². The molecule has 0 fully saturated rings. The van der Waals surface area contributed by atoms with Crippen LogP contribution in [0.2, 0.25) is 10.0 Å². The average Bonchev–Trinajstić information content (AvgIpc) is 2.41. The number of benzene rings is 2. The largest absolute Gasteiger partial charge is 0.255 e. The van der Waals surface area contributed by atoms with Crippen LogP contribution < -0.4 is 0 Å². The van der Waals surface area contributed by atoms with E-state index < -0.39 is 10.8 Å². The zero-order chi connectivity index (χ0) is 13.7. The Bertz CT molecular complexity index is 606. The second-order valence-corrected chi connectivity index (χ2v) is 6.14. The van der Waals surface area contributed by atoms with Gasteiger partial charge in [-0.1, -0.05) is 53.5 Å². The first-order chi connectivity index (χ1) is 9.15. The lowest BCUT2D eigenvalue weighted by atomic mass is 10.2. The minimum Gasteiger partial charge on any atom is -0.255 e. The molecule has 1 nitrogen and oxygen atoms in total. The monoisotopic (exact) mass is 310 g/mol. The summed E-state index contributed by atoms with van der Waals surface area (Å²) in [5.41, 5.74) is 1.86. The maximum Gasteiger partial charge on any atom is 0.0541 e. The number of hydrogen-bond donors (Lipinski definition) is 0. The van der Waals surface area contributed by atoms with Gasteiger partial charge < -0.3 is 0 Å². The normalized spacial score (nSPS) is 12.7. The zero-order valence-corrected chi connectivity index (χ0v) is 12.4. The summed E-state index contributed by atoms with van der Waals surface area (Å²) in [5, 5.41) is 3.01. The summed E-state index contributed by atoms with van der Waals surface area (Å²) >= 11 is 11.8. The van der Waals surface area contributed by atoms with Crippen molar-refractivity contribution in [1.82, 2.24) is 0 Å². The van der Waals surface area contributed by atoms with Gasteiger partial charge in [0.15, 0.2) is 0 Å². The van der Waals surface area contributed by atoms with Gasteiger partial charge in [0.05, 0.1) is 16.6 Å². The molecule has 2 rings (SSSR count). The molecule has 0 radical (unpaired) electrons. The summed E-state index contributed by atoms with van der Waals surface area (Å²) in [4.78, 5) is 0. The molecule has 2 aromatic carbocycles. The lowest BCUT2D eigenvalue weighted by Crippen LogP contribution is -1.92. The molecular weight excluding hydrogens is 299 g/mol. The summed E-state index contributed by atoms with van der Waals surface area (Å²) < 4.78 is 11.9. The van der Waals surface area contributed by atoms with E-state index in [1.807, 2.05) is 36.4 Å². The molecule has 0 heterocycles. The van der Waals surface area contributed by atoms with Crippen molar-refractivity contribution in [1.29, 1.82) is 0 Å². The molecule has 0 aliphatic carbocycles. The first-order valence-corrected chi connectivity index (χ1v) is 7.83. The highest BCUT2D eigenvalue weighted by Gasteiger charge is 2.02. The third-order valence-electron chi connectivity index (χ3n) is 2.54. The van der Waals surface area contributed by atoms with E-state index >= 15 is 0 Å². The van der Waals surface area contributed by atoms with Crippen molar-refractivity contribution in [2.45, 2.75) is 5.75 Å². The first-order valence-electron chi connectivity index (χ1n) is 5.69. The van der Waals surface area contributed by atoms with Crippen molar-refractivity contribution in [3.05, 3.63) is 75.1 Å². The molecule has 0 saturated heterocycles. The van der Waals surface area contributed by atoms with Crippen molar-refractivity contribution >= 4 is 40.1 Å². The van der Waals surface area contributed by atoms with Crippen molar-refractivity contribution < 1.29 is 4.21 Å². The predicted molar refractivity (Wildman–Crippen MR) is 83.8 cm³/mol. The Morgan fingerprint density at radius 1 is 1.00 bits per heavy atom. The van der Waals surface area contributed by atoms with Gasteiger partial charge in [-0.15, -0.1) is 0 Å².